The van der Waals surface area contributed by atoms with Crippen molar-refractivity contribution >= 4 is 39.7 Å². The monoisotopic (exact) mass is 495 g/mol. The van der Waals surface area contributed by atoms with Gasteiger partial charge in [0, 0.05) is 11.5 Å². The van der Waals surface area contributed by atoms with E-state index in [1.807, 2.05) is 0 Å². The maximum absolute atomic E-state index is 14.0. The molecule has 0 fully saturated rings. The van der Waals surface area contributed by atoms with Gasteiger partial charge in [0.2, 0.25) is 11.9 Å². The van der Waals surface area contributed by atoms with Gasteiger partial charge >= 0.3 is 12.1 Å². The Bertz CT molecular complexity index is 1470. The number of benzene rings is 2. The molecule has 0 aliphatic heterocycles. The lowest BCUT2D eigenvalue weighted by Gasteiger charge is -2.10. The fraction of sp³-hybridized carbons (Fsp3) is 0.190. The number of carboxylic acid groups (broad SMARTS) is 1. The first-order valence-electron chi connectivity index (χ1n) is 9.60. The topological polar surface area (TPSA) is 139 Å². The molecular weight excluding hydrogens is 478 g/mol. The van der Waals surface area contributed by atoms with Crippen LogP contribution in [-0.4, -0.2) is 51.4 Å². The van der Waals surface area contributed by atoms with Crippen LogP contribution < -0.4 is 20.3 Å². The van der Waals surface area contributed by atoms with E-state index >= 15 is 0 Å². The normalized spacial score (nSPS) is 11.1. The molecule has 10 nitrogen and oxygen atoms in total. The number of H-pyrrole nitrogens is 1. The molecule has 2 heterocycles. The Balaban J connectivity index is 0.000000429. The number of aromatic nitrogens is 4. The zero-order chi connectivity index (χ0) is 25.9. The molecule has 2 aromatic carbocycles. The molecule has 0 spiro atoms. The standard InChI is InChI=1S/C19H16FN5O3.C2HF3O2/c1-9-11-7-15(28-3)12(20)8-13(11)22-18(21-9)25-19-23-16-10(17(26)24-19)5-4-6-14(16)27-2;3-2(4,5)1(6)7/h4-8H,1-3H3,(H2,21,22,23,24,25,26);(H,6,7). The molecule has 0 amide bonds. The number of anilines is 2. The van der Waals surface area contributed by atoms with Crippen molar-refractivity contribution in [3.05, 3.63) is 52.2 Å². The number of fused-ring (bicyclic) bond motifs is 2. The summed E-state index contributed by atoms with van der Waals surface area (Å²) in [4.78, 5) is 37.0. The van der Waals surface area contributed by atoms with Gasteiger partial charge in [-0.2, -0.15) is 13.2 Å². The first-order valence-corrected chi connectivity index (χ1v) is 9.60. The van der Waals surface area contributed by atoms with E-state index in [-0.39, 0.29) is 23.2 Å². The molecule has 0 saturated carbocycles. The molecule has 184 valence electrons. The summed E-state index contributed by atoms with van der Waals surface area (Å²) in [6.07, 6.45) is -5.08. The molecule has 4 rings (SSSR count). The lowest BCUT2D eigenvalue weighted by atomic mass is 10.2. The van der Waals surface area contributed by atoms with Gasteiger partial charge in [-0.15, -0.1) is 0 Å². The van der Waals surface area contributed by atoms with Gasteiger partial charge in [0.05, 0.1) is 30.8 Å². The molecule has 35 heavy (non-hydrogen) atoms. The average molecular weight is 495 g/mol. The number of carbonyl (C=O) groups is 1. The van der Waals surface area contributed by atoms with Gasteiger partial charge in [0.15, 0.2) is 11.6 Å². The SMILES string of the molecule is COc1cc2c(C)nc(Nc3nc4c(OC)cccc4c(=O)[nH]3)nc2cc1F.O=C(O)C(F)(F)F. The molecule has 0 saturated heterocycles. The van der Waals surface area contributed by atoms with Crippen LogP contribution in [0.3, 0.4) is 0 Å². The summed E-state index contributed by atoms with van der Waals surface area (Å²) >= 11 is 0. The van der Waals surface area contributed by atoms with Crippen molar-refractivity contribution in [3.8, 4) is 11.5 Å². The van der Waals surface area contributed by atoms with Crippen molar-refractivity contribution in [2.75, 3.05) is 19.5 Å². The number of aromatic amines is 1. The van der Waals surface area contributed by atoms with E-state index in [2.05, 4.69) is 25.3 Å². The van der Waals surface area contributed by atoms with Crippen LogP contribution in [0.15, 0.2) is 35.1 Å². The van der Waals surface area contributed by atoms with E-state index in [9.17, 15) is 22.4 Å². The number of nitrogens with one attached hydrogen (secondary N) is 2. The molecule has 2 aromatic heterocycles. The molecule has 0 aliphatic carbocycles. The number of nitrogens with zero attached hydrogens (tertiary/aromatic N) is 3. The van der Waals surface area contributed by atoms with Crippen LogP contribution in [0.1, 0.15) is 5.69 Å². The number of hydrogen-bond acceptors (Lipinski definition) is 8. The van der Waals surface area contributed by atoms with Gasteiger partial charge in [0.1, 0.15) is 11.3 Å². The van der Waals surface area contributed by atoms with Crippen LogP contribution in [0.4, 0.5) is 29.5 Å². The molecule has 4 aromatic rings. The molecule has 14 heteroatoms. The summed E-state index contributed by atoms with van der Waals surface area (Å²) in [7, 11) is 2.90. The fourth-order valence-corrected chi connectivity index (χ4v) is 2.96. The largest absolute Gasteiger partial charge is 0.494 e. The van der Waals surface area contributed by atoms with Crippen LogP contribution in [0.2, 0.25) is 0 Å². The third kappa shape index (κ3) is 5.54. The quantitative estimate of drug-likeness (QED) is 0.362. The van der Waals surface area contributed by atoms with E-state index in [1.54, 1.807) is 31.2 Å². The van der Waals surface area contributed by atoms with Crippen LogP contribution in [0, 0.1) is 12.7 Å². The number of aliphatic carboxylic acids is 1. The first kappa shape index (κ1) is 25.1. The summed E-state index contributed by atoms with van der Waals surface area (Å²) in [5.41, 5.74) is 1.09. The number of aryl methyl sites for hydroxylation is 1. The third-order valence-corrected chi connectivity index (χ3v) is 4.55. The van der Waals surface area contributed by atoms with Crippen LogP contribution >= 0.6 is 0 Å². The van der Waals surface area contributed by atoms with Crippen LogP contribution in [0.25, 0.3) is 21.8 Å². The van der Waals surface area contributed by atoms with E-state index in [4.69, 9.17) is 19.4 Å². The lowest BCUT2D eigenvalue weighted by Crippen LogP contribution is -2.21. The summed E-state index contributed by atoms with van der Waals surface area (Å²) in [6.45, 7) is 1.77. The maximum Gasteiger partial charge on any atom is 0.490 e. The minimum absolute atomic E-state index is 0.118. The third-order valence-electron chi connectivity index (χ3n) is 4.55. The molecule has 0 atom stereocenters. The van der Waals surface area contributed by atoms with Crippen molar-refractivity contribution in [1.29, 1.82) is 0 Å². The number of halogens is 4. The number of hydrogen-bond donors (Lipinski definition) is 3. The minimum atomic E-state index is -5.08. The summed E-state index contributed by atoms with van der Waals surface area (Å²) < 4.78 is 56.1. The molecular formula is C21H17F4N5O5. The van der Waals surface area contributed by atoms with E-state index < -0.39 is 18.0 Å². The number of alkyl halides is 3. The summed E-state index contributed by atoms with van der Waals surface area (Å²) in [5, 5.41) is 11.1. The predicted molar refractivity (Wildman–Crippen MR) is 117 cm³/mol. The molecule has 0 unspecified atom stereocenters. The van der Waals surface area contributed by atoms with Gasteiger partial charge in [-0.05, 0) is 25.1 Å². The Hall–Kier alpha value is -4.49. The second-order valence-corrected chi connectivity index (χ2v) is 6.84. The molecule has 0 aliphatic rings. The highest BCUT2D eigenvalue weighted by molar-refractivity contribution is 5.85. The Labute approximate surface area is 193 Å². The van der Waals surface area contributed by atoms with E-state index in [0.717, 1.165) is 0 Å². The lowest BCUT2D eigenvalue weighted by molar-refractivity contribution is -0.192. The van der Waals surface area contributed by atoms with Crippen molar-refractivity contribution in [3.63, 3.8) is 0 Å². The highest BCUT2D eigenvalue weighted by atomic mass is 19.4. The average Bonchev–Trinajstić information content (AvgIpc) is 2.78. The maximum atomic E-state index is 14.0. The van der Waals surface area contributed by atoms with Gasteiger partial charge in [-0.1, -0.05) is 6.07 Å². The van der Waals surface area contributed by atoms with Gasteiger partial charge < -0.3 is 14.6 Å². The van der Waals surface area contributed by atoms with E-state index in [1.165, 1.54) is 20.3 Å². The highest BCUT2D eigenvalue weighted by Crippen LogP contribution is 2.27. The first-order chi connectivity index (χ1) is 16.4. The van der Waals surface area contributed by atoms with Crippen molar-refractivity contribution in [1.82, 2.24) is 19.9 Å². The van der Waals surface area contributed by atoms with Gasteiger partial charge in [-0.25, -0.2) is 24.1 Å². The number of para-hydroxylation sites is 1. The molecule has 0 radical (unpaired) electrons. The van der Waals surface area contributed by atoms with Crippen molar-refractivity contribution in [2.24, 2.45) is 0 Å². The number of ether oxygens (including phenoxy) is 2. The van der Waals surface area contributed by atoms with Crippen molar-refractivity contribution < 1.29 is 36.9 Å². The van der Waals surface area contributed by atoms with Crippen LogP contribution in [-0.2, 0) is 4.79 Å². The Kier molecular flexibility index (Phi) is 7.03. The second-order valence-electron chi connectivity index (χ2n) is 6.84. The van der Waals surface area contributed by atoms with Crippen LogP contribution in [0.5, 0.6) is 11.5 Å². The van der Waals surface area contributed by atoms with Crippen molar-refractivity contribution in [2.45, 2.75) is 13.1 Å². The Morgan fingerprint density at radius 3 is 2.31 bits per heavy atom. The smallest absolute Gasteiger partial charge is 0.490 e. The van der Waals surface area contributed by atoms with Gasteiger partial charge in [-0.3, -0.25) is 15.1 Å². The number of rotatable bonds is 4. The summed E-state index contributed by atoms with van der Waals surface area (Å²) in [5.74, 6) is -2.38. The zero-order valence-electron chi connectivity index (χ0n) is 18.3. The summed E-state index contributed by atoms with van der Waals surface area (Å²) in [6, 6.07) is 7.90. The Morgan fingerprint density at radius 2 is 1.71 bits per heavy atom. The fourth-order valence-electron chi connectivity index (χ4n) is 2.96. The van der Waals surface area contributed by atoms with Gasteiger partial charge in [0.25, 0.3) is 5.56 Å². The molecule has 3 N–H and O–H groups in total. The van der Waals surface area contributed by atoms with E-state index in [0.29, 0.717) is 33.2 Å². The number of methoxy groups -OCH3 is 2. The zero-order valence-corrected chi connectivity index (χ0v) is 18.3. The minimum Gasteiger partial charge on any atom is -0.494 e. The second kappa shape index (κ2) is 9.79. The predicted octanol–water partition coefficient (Wildman–Crippen LogP) is 3.71. The molecule has 0 bridgehead atoms. The highest BCUT2D eigenvalue weighted by Gasteiger charge is 2.38. The number of carboxylic acids is 1. The Morgan fingerprint density at radius 1 is 1.06 bits per heavy atom.